The summed E-state index contributed by atoms with van der Waals surface area (Å²) in [4.78, 5) is 36.4. The van der Waals surface area contributed by atoms with E-state index in [1.807, 2.05) is 0 Å². The van der Waals surface area contributed by atoms with Gasteiger partial charge in [-0.3, -0.25) is 10.1 Å². The zero-order chi connectivity index (χ0) is 18.4. The molecular formula is C18H20N2O5. The molecule has 7 heteroatoms. The predicted molar refractivity (Wildman–Crippen MR) is 90.0 cm³/mol. The van der Waals surface area contributed by atoms with Gasteiger partial charge in [-0.05, 0) is 26.8 Å². The van der Waals surface area contributed by atoms with Crippen molar-refractivity contribution in [2.75, 3.05) is 6.54 Å². The van der Waals surface area contributed by atoms with E-state index in [0.717, 1.165) is 0 Å². The number of rotatable bonds is 5. The summed E-state index contributed by atoms with van der Waals surface area (Å²) < 4.78 is 10.7. The van der Waals surface area contributed by atoms with Crippen molar-refractivity contribution in [3.63, 3.8) is 0 Å². The molecule has 25 heavy (non-hydrogen) atoms. The van der Waals surface area contributed by atoms with Crippen molar-refractivity contribution in [3.8, 4) is 0 Å². The van der Waals surface area contributed by atoms with E-state index in [2.05, 4.69) is 10.6 Å². The molecule has 0 aliphatic rings. The van der Waals surface area contributed by atoms with Crippen molar-refractivity contribution >= 4 is 17.9 Å². The molecule has 0 fully saturated rings. The lowest BCUT2D eigenvalue weighted by molar-refractivity contribution is -0.129. The molecule has 0 unspecified atom stereocenters. The summed E-state index contributed by atoms with van der Waals surface area (Å²) in [5, 5.41) is 4.62. The van der Waals surface area contributed by atoms with Crippen LogP contribution in [0, 0.1) is 13.8 Å². The standard InChI is InChI=1S/C18H20N2O5/c1-4-19-18(23)20-16(21)15(13-8-6-5-7-9-13)25-17(22)14-10-11(2)24-12(14)3/h5-10,15H,4H2,1-3H3,(H2,19,20,21,23)/t15-/m0/s1. The number of carbonyl (C=O) groups excluding carboxylic acids is 3. The first-order valence-electron chi connectivity index (χ1n) is 7.84. The second-order valence-corrected chi connectivity index (χ2v) is 5.37. The van der Waals surface area contributed by atoms with E-state index in [9.17, 15) is 14.4 Å². The highest BCUT2D eigenvalue weighted by atomic mass is 16.5. The minimum atomic E-state index is -1.26. The molecule has 1 heterocycles. The van der Waals surface area contributed by atoms with E-state index in [4.69, 9.17) is 9.15 Å². The summed E-state index contributed by atoms with van der Waals surface area (Å²) in [5.41, 5.74) is 0.694. The van der Waals surface area contributed by atoms with Crippen molar-refractivity contribution in [1.82, 2.24) is 10.6 Å². The van der Waals surface area contributed by atoms with Crippen LogP contribution in [0.15, 0.2) is 40.8 Å². The van der Waals surface area contributed by atoms with Gasteiger partial charge in [0.1, 0.15) is 17.1 Å². The van der Waals surface area contributed by atoms with Crippen LogP contribution < -0.4 is 10.6 Å². The van der Waals surface area contributed by atoms with E-state index >= 15 is 0 Å². The second kappa shape index (κ2) is 8.14. The van der Waals surface area contributed by atoms with Crippen LogP contribution in [0.5, 0.6) is 0 Å². The summed E-state index contributed by atoms with van der Waals surface area (Å²) in [6, 6.07) is 9.37. The lowest BCUT2D eigenvalue weighted by atomic mass is 10.1. The number of aryl methyl sites for hydroxylation is 2. The van der Waals surface area contributed by atoms with E-state index < -0.39 is 24.0 Å². The number of nitrogens with one attached hydrogen (secondary N) is 2. The Hall–Kier alpha value is -3.09. The molecular weight excluding hydrogens is 324 g/mol. The Labute approximate surface area is 145 Å². The Bertz CT molecular complexity index is 767. The molecule has 132 valence electrons. The van der Waals surface area contributed by atoms with Crippen LogP contribution in [-0.2, 0) is 9.53 Å². The number of ether oxygens (including phenoxy) is 1. The Morgan fingerprint density at radius 1 is 1.16 bits per heavy atom. The van der Waals surface area contributed by atoms with Gasteiger partial charge in [0.2, 0.25) is 6.10 Å². The third-order valence-electron chi connectivity index (χ3n) is 3.40. The Morgan fingerprint density at radius 3 is 2.40 bits per heavy atom. The number of esters is 1. The second-order valence-electron chi connectivity index (χ2n) is 5.37. The molecule has 2 aromatic rings. The number of carbonyl (C=O) groups is 3. The average Bonchev–Trinajstić information content (AvgIpc) is 2.91. The molecule has 1 aromatic carbocycles. The summed E-state index contributed by atoms with van der Waals surface area (Å²) in [7, 11) is 0. The number of hydrogen-bond acceptors (Lipinski definition) is 5. The predicted octanol–water partition coefficient (Wildman–Crippen LogP) is 2.64. The van der Waals surface area contributed by atoms with Crippen LogP contribution in [0.25, 0.3) is 0 Å². The number of furan rings is 1. The average molecular weight is 344 g/mol. The van der Waals surface area contributed by atoms with Crippen LogP contribution >= 0.6 is 0 Å². The van der Waals surface area contributed by atoms with Gasteiger partial charge < -0.3 is 14.5 Å². The first kappa shape index (κ1) is 18.3. The SMILES string of the molecule is CCNC(=O)NC(=O)[C@@H](OC(=O)c1cc(C)oc1C)c1ccccc1. The maximum absolute atomic E-state index is 12.4. The fraction of sp³-hybridized carbons (Fsp3) is 0.278. The van der Waals surface area contributed by atoms with Crippen molar-refractivity contribution in [3.05, 3.63) is 59.0 Å². The largest absolute Gasteiger partial charge is 0.466 e. The number of benzene rings is 1. The molecule has 0 saturated carbocycles. The number of amides is 3. The molecule has 0 aliphatic carbocycles. The number of urea groups is 1. The molecule has 2 N–H and O–H groups in total. The van der Waals surface area contributed by atoms with E-state index in [1.165, 1.54) is 0 Å². The van der Waals surface area contributed by atoms with Crippen molar-refractivity contribution in [2.24, 2.45) is 0 Å². The van der Waals surface area contributed by atoms with Crippen LogP contribution in [0.3, 0.4) is 0 Å². The number of imide groups is 1. The lowest BCUT2D eigenvalue weighted by Gasteiger charge is -2.17. The lowest BCUT2D eigenvalue weighted by Crippen LogP contribution is -2.42. The highest BCUT2D eigenvalue weighted by Gasteiger charge is 2.28. The van der Waals surface area contributed by atoms with Crippen molar-refractivity contribution in [2.45, 2.75) is 26.9 Å². The van der Waals surface area contributed by atoms with E-state index in [0.29, 0.717) is 23.6 Å². The van der Waals surface area contributed by atoms with Gasteiger partial charge in [0.25, 0.3) is 5.91 Å². The fourth-order valence-electron chi connectivity index (χ4n) is 2.29. The summed E-state index contributed by atoms with van der Waals surface area (Å²) in [5.74, 6) is -0.469. The van der Waals surface area contributed by atoms with Gasteiger partial charge in [-0.25, -0.2) is 9.59 Å². The third-order valence-corrected chi connectivity index (χ3v) is 3.40. The van der Waals surface area contributed by atoms with E-state index in [1.54, 1.807) is 57.2 Å². The molecule has 0 aliphatic heterocycles. The van der Waals surface area contributed by atoms with Gasteiger partial charge in [0.05, 0.1) is 0 Å². The molecule has 1 atom stereocenters. The van der Waals surface area contributed by atoms with Crippen LogP contribution in [-0.4, -0.2) is 24.5 Å². The monoisotopic (exact) mass is 344 g/mol. The molecule has 1 aromatic heterocycles. The Kier molecular flexibility index (Phi) is 5.94. The summed E-state index contributed by atoms with van der Waals surface area (Å²) in [6.07, 6.45) is -1.26. The van der Waals surface area contributed by atoms with Gasteiger partial charge in [-0.1, -0.05) is 30.3 Å². The minimum absolute atomic E-state index is 0.240. The Morgan fingerprint density at radius 2 is 1.84 bits per heavy atom. The molecule has 2 rings (SSSR count). The molecule has 0 saturated heterocycles. The third kappa shape index (κ3) is 4.69. The van der Waals surface area contributed by atoms with Crippen molar-refractivity contribution < 1.29 is 23.5 Å². The minimum Gasteiger partial charge on any atom is -0.466 e. The van der Waals surface area contributed by atoms with Gasteiger partial charge in [-0.2, -0.15) is 0 Å². The molecule has 0 spiro atoms. The van der Waals surface area contributed by atoms with Crippen LogP contribution in [0.4, 0.5) is 4.79 Å². The fourth-order valence-corrected chi connectivity index (χ4v) is 2.29. The zero-order valence-corrected chi connectivity index (χ0v) is 14.3. The molecule has 7 nitrogen and oxygen atoms in total. The maximum Gasteiger partial charge on any atom is 0.342 e. The smallest absolute Gasteiger partial charge is 0.342 e. The number of hydrogen-bond donors (Lipinski definition) is 2. The molecule has 3 amide bonds. The highest BCUT2D eigenvalue weighted by Crippen LogP contribution is 2.22. The highest BCUT2D eigenvalue weighted by molar-refractivity contribution is 5.99. The first-order chi connectivity index (χ1) is 11.9. The van der Waals surface area contributed by atoms with E-state index in [-0.39, 0.29) is 5.56 Å². The topological polar surface area (TPSA) is 97.6 Å². The normalized spacial score (nSPS) is 11.5. The Balaban J connectivity index is 2.23. The molecule has 0 radical (unpaired) electrons. The van der Waals surface area contributed by atoms with Crippen molar-refractivity contribution in [1.29, 1.82) is 0 Å². The van der Waals surface area contributed by atoms with Crippen LogP contribution in [0.1, 0.15) is 40.5 Å². The zero-order valence-electron chi connectivity index (χ0n) is 14.3. The maximum atomic E-state index is 12.4. The first-order valence-corrected chi connectivity index (χ1v) is 7.84. The summed E-state index contributed by atoms with van der Waals surface area (Å²) >= 11 is 0. The summed E-state index contributed by atoms with van der Waals surface area (Å²) in [6.45, 7) is 5.43. The van der Waals surface area contributed by atoms with Crippen LogP contribution in [0.2, 0.25) is 0 Å². The quantitative estimate of drug-likeness (QED) is 0.813. The van der Waals surface area contributed by atoms with Gasteiger partial charge in [0.15, 0.2) is 0 Å². The van der Waals surface area contributed by atoms with Gasteiger partial charge in [0, 0.05) is 12.1 Å². The van der Waals surface area contributed by atoms with Gasteiger partial charge >= 0.3 is 12.0 Å². The van der Waals surface area contributed by atoms with Gasteiger partial charge in [-0.15, -0.1) is 0 Å². The molecule has 0 bridgehead atoms.